The fourth-order valence-corrected chi connectivity index (χ4v) is 6.13. The first kappa shape index (κ1) is 28.8. The quantitative estimate of drug-likeness (QED) is 0.251. The fraction of sp³-hybridized carbons (Fsp3) is 0.433. The molecule has 3 amide bonds. The third kappa shape index (κ3) is 5.29. The number of aryl methyl sites for hydroxylation is 2. The highest BCUT2D eigenvalue weighted by Gasteiger charge is 2.44. The Morgan fingerprint density at radius 3 is 2.10 bits per heavy atom. The number of amidine groups is 1. The number of nitrogens with one attached hydrogen (secondary N) is 4. The lowest BCUT2D eigenvalue weighted by atomic mass is 9.67. The number of nitrogens with two attached hydrogens (primary N) is 1. The van der Waals surface area contributed by atoms with Gasteiger partial charge in [-0.3, -0.25) is 19.8 Å². The smallest absolute Gasteiger partial charge is 0.251 e. The van der Waals surface area contributed by atoms with E-state index in [-0.39, 0.29) is 36.1 Å². The summed E-state index contributed by atoms with van der Waals surface area (Å²) in [6.07, 6.45) is 3.08. The third-order valence-electron chi connectivity index (χ3n) is 8.17. The standard InChI is InChI=1S/C30H37N7O3/c1-18(36-17-26(38)37-12-4-5-23(37)16-31)15-30(29(32)33)24-10-8-21(27(39)34-2)13-19(24)6-7-20-14-22(28(40)35-3)9-11-25(20)30/h8-11,13-14,18,23,36H,4-7,12,15,17H2,1-3H3,(H3,32,33)(H,34,39)(H,35,40)/t18-,23?/m0/s1. The van der Waals surface area contributed by atoms with E-state index in [0.29, 0.717) is 43.4 Å². The van der Waals surface area contributed by atoms with Gasteiger partial charge >= 0.3 is 0 Å². The summed E-state index contributed by atoms with van der Waals surface area (Å²) >= 11 is 0. The monoisotopic (exact) mass is 543 g/mol. The molecule has 1 aliphatic carbocycles. The van der Waals surface area contributed by atoms with E-state index < -0.39 is 11.5 Å². The Labute approximate surface area is 234 Å². The maximum Gasteiger partial charge on any atom is 0.251 e. The molecule has 2 aliphatic rings. The first-order valence-electron chi connectivity index (χ1n) is 13.6. The molecule has 1 unspecified atom stereocenters. The fourth-order valence-electron chi connectivity index (χ4n) is 6.13. The van der Waals surface area contributed by atoms with Gasteiger partial charge in [0, 0.05) is 37.8 Å². The van der Waals surface area contributed by atoms with Crippen LogP contribution in [0, 0.1) is 16.7 Å². The molecule has 10 nitrogen and oxygen atoms in total. The highest BCUT2D eigenvalue weighted by Crippen LogP contribution is 2.43. The second-order valence-corrected chi connectivity index (χ2v) is 10.6. The number of hydrogen-bond donors (Lipinski definition) is 5. The second kappa shape index (κ2) is 11.9. The van der Waals surface area contributed by atoms with E-state index in [9.17, 15) is 19.6 Å². The third-order valence-corrected chi connectivity index (χ3v) is 8.17. The number of carbonyl (C=O) groups excluding carboxylic acids is 3. The lowest BCUT2D eigenvalue weighted by Gasteiger charge is -2.38. The normalized spacial score (nSPS) is 17.9. The van der Waals surface area contributed by atoms with Gasteiger partial charge in [-0.2, -0.15) is 5.26 Å². The van der Waals surface area contributed by atoms with Crippen LogP contribution in [-0.2, 0) is 23.1 Å². The minimum Gasteiger partial charge on any atom is -0.387 e. The van der Waals surface area contributed by atoms with Crippen LogP contribution in [0.5, 0.6) is 0 Å². The minimum atomic E-state index is -1.05. The molecule has 210 valence electrons. The average Bonchev–Trinajstić information content (AvgIpc) is 3.40. The zero-order chi connectivity index (χ0) is 29.0. The highest BCUT2D eigenvalue weighted by molar-refractivity contribution is 5.98. The summed E-state index contributed by atoms with van der Waals surface area (Å²) in [4.78, 5) is 39.4. The predicted octanol–water partition coefficient (Wildman–Crippen LogP) is 1.61. The van der Waals surface area contributed by atoms with E-state index in [1.165, 1.54) is 0 Å². The Morgan fingerprint density at radius 2 is 1.62 bits per heavy atom. The Kier molecular flexibility index (Phi) is 8.55. The van der Waals surface area contributed by atoms with Gasteiger partial charge in [0.2, 0.25) is 5.91 Å². The van der Waals surface area contributed by atoms with Crippen molar-refractivity contribution in [1.82, 2.24) is 20.9 Å². The number of amides is 3. The summed E-state index contributed by atoms with van der Waals surface area (Å²) in [5.74, 6) is -0.585. The Hall–Kier alpha value is -4.23. The lowest BCUT2D eigenvalue weighted by Crippen LogP contribution is -2.49. The highest BCUT2D eigenvalue weighted by atomic mass is 16.2. The topological polar surface area (TPSA) is 164 Å². The van der Waals surface area contributed by atoms with Crippen LogP contribution in [0.25, 0.3) is 0 Å². The molecule has 1 fully saturated rings. The number of carbonyl (C=O) groups is 3. The van der Waals surface area contributed by atoms with Gasteiger partial charge in [0.15, 0.2) is 0 Å². The van der Waals surface area contributed by atoms with Crippen LogP contribution in [0.1, 0.15) is 69.2 Å². The van der Waals surface area contributed by atoms with E-state index in [4.69, 9.17) is 11.1 Å². The largest absolute Gasteiger partial charge is 0.387 e. The number of nitriles is 1. The average molecular weight is 544 g/mol. The van der Waals surface area contributed by atoms with Crippen molar-refractivity contribution in [3.8, 4) is 6.07 Å². The van der Waals surface area contributed by atoms with Gasteiger partial charge in [0.05, 0.1) is 18.0 Å². The van der Waals surface area contributed by atoms with Gasteiger partial charge in [0.25, 0.3) is 11.8 Å². The summed E-state index contributed by atoms with van der Waals surface area (Å²) in [6.45, 7) is 2.59. The van der Waals surface area contributed by atoms with Crippen LogP contribution in [0.15, 0.2) is 36.4 Å². The number of benzene rings is 2. The summed E-state index contributed by atoms with van der Waals surface area (Å²) in [5, 5.41) is 26.9. The Bertz CT molecular complexity index is 1310. The minimum absolute atomic E-state index is 0.0543. The molecule has 0 radical (unpaired) electrons. The second-order valence-electron chi connectivity index (χ2n) is 10.6. The van der Waals surface area contributed by atoms with E-state index in [2.05, 4.69) is 22.0 Å². The molecule has 10 heteroatoms. The van der Waals surface area contributed by atoms with Crippen LogP contribution in [0.4, 0.5) is 0 Å². The van der Waals surface area contributed by atoms with Crippen molar-refractivity contribution in [2.75, 3.05) is 27.2 Å². The first-order valence-corrected chi connectivity index (χ1v) is 13.6. The van der Waals surface area contributed by atoms with Gasteiger partial charge < -0.3 is 26.6 Å². The van der Waals surface area contributed by atoms with Crippen molar-refractivity contribution in [1.29, 1.82) is 10.7 Å². The molecule has 0 bridgehead atoms. The summed E-state index contributed by atoms with van der Waals surface area (Å²) in [7, 11) is 3.17. The van der Waals surface area contributed by atoms with E-state index in [1.807, 2.05) is 31.2 Å². The van der Waals surface area contributed by atoms with Crippen LogP contribution >= 0.6 is 0 Å². The molecule has 0 spiro atoms. The van der Waals surface area contributed by atoms with Crippen LogP contribution in [0.3, 0.4) is 0 Å². The van der Waals surface area contributed by atoms with Crippen molar-refractivity contribution in [3.63, 3.8) is 0 Å². The number of hydrogen-bond acceptors (Lipinski definition) is 6. The SMILES string of the molecule is CNC(=O)c1ccc2c(c1)CCc1cc(C(=O)NC)ccc1C2(C[C@H](C)NCC(=O)N1CCCC1C#N)C(=N)N. The van der Waals surface area contributed by atoms with Gasteiger partial charge in [-0.1, -0.05) is 12.1 Å². The van der Waals surface area contributed by atoms with Gasteiger partial charge in [0.1, 0.15) is 11.9 Å². The predicted molar refractivity (Wildman–Crippen MR) is 152 cm³/mol. The molecule has 1 saturated heterocycles. The van der Waals surface area contributed by atoms with Crippen molar-refractivity contribution >= 4 is 23.6 Å². The Balaban J connectivity index is 1.75. The molecular formula is C30H37N7O3. The molecule has 1 aliphatic heterocycles. The van der Waals surface area contributed by atoms with Crippen molar-refractivity contribution < 1.29 is 14.4 Å². The van der Waals surface area contributed by atoms with Crippen molar-refractivity contribution in [3.05, 3.63) is 69.8 Å². The van der Waals surface area contributed by atoms with Gasteiger partial charge in [-0.25, -0.2) is 0 Å². The maximum absolute atomic E-state index is 12.9. The molecule has 2 aromatic carbocycles. The van der Waals surface area contributed by atoms with E-state index in [1.54, 1.807) is 31.1 Å². The zero-order valence-electron chi connectivity index (χ0n) is 23.3. The zero-order valence-corrected chi connectivity index (χ0v) is 23.3. The van der Waals surface area contributed by atoms with Crippen molar-refractivity contribution in [2.24, 2.45) is 5.73 Å². The summed E-state index contributed by atoms with van der Waals surface area (Å²) in [6, 6.07) is 12.5. The molecule has 0 aromatic heterocycles. The Morgan fingerprint density at radius 1 is 1.07 bits per heavy atom. The molecule has 4 rings (SSSR count). The molecule has 1 heterocycles. The summed E-state index contributed by atoms with van der Waals surface area (Å²) < 4.78 is 0. The molecular weight excluding hydrogens is 506 g/mol. The first-order chi connectivity index (χ1) is 19.2. The lowest BCUT2D eigenvalue weighted by molar-refractivity contribution is -0.130. The van der Waals surface area contributed by atoms with Gasteiger partial charge in [-0.15, -0.1) is 0 Å². The van der Waals surface area contributed by atoms with Crippen LogP contribution < -0.4 is 21.7 Å². The number of nitrogens with zero attached hydrogens (tertiary/aromatic N) is 2. The number of likely N-dealkylation sites (tertiary alicyclic amines) is 1. The van der Waals surface area contributed by atoms with E-state index >= 15 is 0 Å². The number of fused-ring (bicyclic) bond motifs is 2. The van der Waals surface area contributed by atoms with Gasteiger partial charge in [-0.05, 0) is 85.5 Å². The van der Waals surface area contributed by atoms with E-state index in [0.717, 1.165) is 28.7 Å². The molecule has 6 N–H and O–H groups in total. The van der Waals surface area contributed by atoms with Crippen molar-refractivity contribution in [2.45, 2.75) is 56.5 Å². The summed E-state index contributed by atoms with van der Waals surface area (Å²) in [5.41, 5.74) is 9.95. The molecule has 2 aromatic rings. The van der Waals surface area contributed by atoms with Crippen LogP contribution in [-0.4, -0.2) is 67.7 Å². The van der Waals surface area contributed by atoms with Crippen LogP contribution in [0.2, 0.25) is 0 Å². The number of rotatable bonds is 8. The molecule has 40 heavy (non-hydrogen) atoms. The molecule has 0 saturated carbocycles. The molecule has 2 atom stereocenters. The maximum atomic E-state index is 12.9.